The molecular weight excluding hydrogens is 289 g/mol. The minimum Gasteiger partial charge on any atom is -0.493 e. The third kappa shape index (κ3) is 5.67. The molecule has 0 amide bonds. The fourth-order valence-electron chi connectivity index (χ4n) is 1.60. The van der Waals surface area contributed by atoms with Crippen LogP contribution in [0.4, 0.5) is 4.39 Å². The van der Waals surface area contributed by atoms with Gasteiger partial charge in [0.2, 0.25) is 0 Å². The molecule has 2 rings (SSSR count). The van der Waals surface area contributed by atoms with Crippen LogP contribution in [-0.2, 0) is 6.42 Å². The zero-order chi connectivity index (χ0) is 14.9. The van der Waals surface area contributed by atoms with E-state index in [0.29, 0.717) is 24.6 Å². The van der Waals surface area contributed by atoms with Crippen LogP contribution >= 0.6 is 11.8 Å². The summed E-state index contributed by atoms with van der Waals surface area (Å²) in [6.07, 6.45) is 4.45. The van der Waals surface area contributed by atoms with Gasteiger partial charge in [-0.15, -0.1) is 0 Å². The van der Waals surface area contributed by atoms with Gasteiger partial charge in [0, 0.05) is 12.2 Å². The summed E-state index contributed by atoms with van der Waals surface area (Å²) in [6.45, 7) is 2.61. The standard InChI is InChI=1S/C15H18FN3OS/c1-2-3-10-21-15-18-11-17-14(19-15)8-9-20-13-6-4-12(16)5-7-13/h4-7,11H,2-3,8-10H2,1H3. The normalized spacial score (nSPS) is 10.6. The summed E-state index contributed by atoms with van der Waals surface area (Å²) < 4.78 is 18.3. The molecule has 0 atom stereocenters. The van der Waals surface area contributed by atoms with E-state index in [-0.39, 0.29) is 5.82 Å². The highest BCUT2D eigenvalue weighted by molar-refractivity contribution is 7.99. The van der Waals surface area contributed by atoms with Crippen molar-refractivity contribution in [3.05, 3.63) is 42.2 Å². The fraction of sp³-hybridized carbons (Fsp3) is 0.400. The van der Waals surface area contributed by atoms with Crippen LogP contribution in [0, 0.1) is 5.82 Å². The van der Waals surface area contributed by atoms with Crippen LogP contribution in [0.1, 0.15) is 25.6 Å². The predicted molar refractivity (Wildman–Crippen MR) is 81.1 cm³/mol. The quantitative estimate of drug-likeness (QED) is 0.551. The van der Waals surface area contributed by atoms with Gasteiger partial charge in [-0.1, -0.05) is 25.1 Å². The maximum Gasteiger partial charge on any atom is 0.190 e. The van der Waals surface area contributed by atoms with E-state index in [4.69, 9.17) is 4.74 Å². The Morgan fingerprint density at radius 1 is 1.19 bits per heavy atom. The van der Waals surface area contributed by atoms with Crippen molar-refractivity contribution < 1.29 is 9.13 Å². The van der Waals surface area contributed by atoms with Gasteiger partial charge >= 0.3 is 0 Å². The molecule has 2 aromatic rings. The zero-order valence-electron chi connectivity index (χ0n) is 12.0. The molecule has 6 heteroatoms. The van der Waals surface area contributed by atoms with Crippen LogP contribution in [0.5, 0.6) is 5.75 Å². The first-order valence-corrected chi connectivity index (χ1v) is 7.95. The van der Waals surface area contributed by atoms with E-state index >= 15 is 0 Å². The Hall–Kier alpha value is -1.69. The molecule has 0 saturated heterocycles. The van der Waals surface area contributed by atoms with Gasteiger partial charge in [0.25, 0.3) is 0 Å². The number of hydrogen-bond acceptors (Lipinski definition) is 5. The van der Waals surface area contributed by atoms with Gasteiger partial charge in [-0.05, 0) is 30.7 Å². The third-order valence-corrected chi connectivity index (χ3v) is 3.68. The summed E-state index contributed by atoms with van der Waals surface area (Å²) in [4.78, 5) is 12.7. The number of halogens is 1. The van der Waals surface area contributed by atoms with Crippen LogP contribution in [0.15, 0.2) is 35.7 Å². The lowest BCUT2D eigenvalue weighted by atomic mass is 10.3. The van der Waals surface area contributed by atoms with Crippen molar-refractivity contribution in [1.29, 1.82) is 0 Å². The molecule has 0 bridgehead atoms. The molecule has 4 nitrogen and oxygen atoms in total. The lowest BCUT2D eigenvalue weighted by Gasteiger charge is -2.06. The van der Waals surface area contributed by atoms with E-state index in [1.807, 2.05) is 0 Å². The van der Waals surface area contributed by atoms with E-state index in [1.165, 1.54) is 18.5 Å². The summed E-state index contributed by atoms with van der Waals surface area (Å²) in [7, 11) is 0. The van der Waals surface area contributed by atoms with Gasteiger partial charge in [-0.2, -0.15) is 0 Å². The number of nitrogens with zero attached hydrogens (tertiary/aromatic N) is 3. The number of ether oxygens (including phenoxy) is 1. The Balaban J connectivity index is 1.79. The smallest absolute Gasteiger partial charge is 0.190 e. The second kappa shape index (κ2) is 8.56. The number of hydrogen-bond donors (Lipinski definition) is 0. The fourth-order valence-corrected chi connectivity index (χ4v) is 2.51. The van der Waals surface area contributed by atoms with Crippen molar-refractivity contribution in [1.82, 2.24) is 15.0 Å². The highest BCUT2D eigenvalue weighted by Crippen LogP contribution is 2.14. The third-order valence-electron chi connectivity index (χ3n) is 2.74. The lowest BCUT2D eigenvalue weighted by molar-refractivity contribution is 0.317. The minimum absolute atomic E-state index is 0.270. The van der Waals surface area contributed by atoms with Crippen molar-refractivity contribution in [3.63, 3.8) is 0 Å². The highest BCUT2D eigenvalue weighted by Gasteiger charge is 2.02. The van der Waals surface area contributed by atoms with Crippen LogP contribution in [-0.4, -0.2) is 27.3 Å². The second-order valence-electron chi connectivity index (χ2n) is 4.44. The Kier molecular flexibility index (Phi) is 6.40. The molecule has 0 saturated carbocycles. The average Bonchev–Trinajstić information content (AvgIpc) is 2.50. The molecule has 0 aliphatic heterocycles. The van der Waals surface area contributed by atoms with Crippen LogP contribution in [0.3, 0.4) is 0 Å². The van der Waals surface area contributed by atoms with Crippen molar-refractivity contribution in [2.24, 2.45) is 0 Å². The Bertz CT molecular complexity index is 551. The van der Waals surface area contributed by atoms with E-state index in [1.54, 1.807) is 23.9 Å². The Morgan fingerprint density at radius 3 is 2.76 bits per heavy atom. The van der Waals surface area contributed by atoms with E-state index in [9.17, 15) is 4.39 Å². The second-order valence-corrected chi connectivity index (χ2v) is 5.50. The molecule has 1 aromatic heterocycles. The molecule has 0 aliphatic carbocycles. The SMILES string of the molecule is CCCCSc1ncnc(CCOc2ccc(F)cc2)n1. The average molecular weight is 307 g/mol. The van der Waals surface area contributed by atoms with E-state index in [0.717, 1.165) is 23.8 Å². The van der Waals surface area contributed by atoms with Crippen molar-refractivity contribution in [3.8, 4) is 5.75 Å². The maximum absolute atomic E-state index is 12.8. The van der Waals surface area contributed by atoms with Crippen molar-refractivity contribution in [2.45, 2.75) is 31.3 Å². The number of rotatable bonds is 8. The van der Waals surface area contributed by atoms with Gasteiger partial charge < -0.3 is 4.74 Å². The van der Waals surface area contributed by atoms with Gasteiger partial charge in [0.1, 0.15) is 23.7 Å². The van der Waals surface area contributed by atoms with E-state index < -0.39 is 0 Å². The Morgan fingerprint density at radius 2 is 2.00 bits per heavy atom. The topological polar surface area (TPSA) is 47.9 Å². The van der Waals surface area contributed by atoms with Crippen LogP contribution in [0.25, 0.3) is 0 Å². The first kappa shape index (κ1) is 15.7. The number of unbranched alkanes of at least 4 members (excludes halogenated alkanes) is 1. The van der Waals surface area contributed by atoms with Crippen LogP contribution in [0.2, 0.25) is 0 Å². The number of thioether (sulfide) groups is 1. The molecule has 0 unspecified atom stereocenters. The summed E-state index contributed by atoms with van der Waals surface area (Å²) >= 11 is 1.65. The summed E-state index contributed by atoms with van der Waals surface area (Å²) in [6, 6.07) is 5.96. The molecule has 0 fully saturated rings. The summed E-state index contributed by atoms with van der Waals surface area (Å²) in [5.41, 5.74) is 0. The first-order chi connectivity index (χ1) is 10.3. The Labute approximate surface area is 128 Å². The molecule has 21 heavy (non-hydrogen) atoms. The van der Waals surface area contributed by atoms with Gasteiger partial charge in [0.05, 0.1) is 6.61 Å². The summed E-state index contributed by atoms with van der Waals surface area (Å²) in [5.74, 6) is 2.11. The van der Waals surface area contributed by atoms with Crippen molar-refractivity contribution in [2.75, 3.05) is 12.4 Å². The number of benzene rings is 1. The summed E-state index contributed by atoms with van der Waals surface area (Å²) in [5, 5.41) is 0.759. The molecule has 0 aliphatic rings. The predicted octanol–water partition coefficient (Wildman–Crippen LogP) is 3.52. The first-order valence-electron chi connectivity index (χ1n) is 6.97. The lowest BCUT2D eigenvalue weighted by Crippen LogP contribution is -2.06. The molecule has 0 radical (unpaired) electrons. The molecule has 0 spiro atoms. The monoisotopic (exact) mass is 307 g/mol. The van der Waals surface area contributed by atoms with Gasteiger partial charge in [-0.25, -0.2) is 19.3 Å². The maximum atomic E-state index is 12.8. The molecule has 1 aromatic carbocycles. The molecule has 1 heterocycles. The molecular formula is C15H18FN3OS. The molecule has 112 valence electrons. The molecule has 0 N–H and O–H groups in total. The minimum atomic E-state index is -0.270. The highest BCUT2D eigenvalue weighted by atomic mass is 32.2. The van der Waals surface area contributed by atoms with Gasteiger partial charge in [-0.3, -0.25) is 0 Å². The van der Waals surface area contributed by atoms with Crippen LogP contribution < -0.4 is 4.74 Å². The largest absolute Gasteiger partial charge is 0.493 e. The van der Waals surface area contributed by atoms with Crippen molar-refractivity contribution >= 4 is 11.8 Å². The number of aromatic nitrogens is 3. The van der Waals surface area contributed by atoms with Gasteiger partial charge in [0.15, 0.2) is 5.16 Å². The van der Waals surface area contributed by atoms with E-state index in [2.05, 4.69) is 21.9 Å². The zero-order valence-corrected chi connectivity index (χ0v) is 12.8.